The van der Waals surface area contributed by atoms with Crippen LogP contribution in [0.25, 0.3) is 0 Å². The van der Waals surface area contributed by atoms with E-state index in [0.29, 0.717) is 18.0 Å². The number of benzene rings is 2. The van der Waals surface area contributed by atoms with Crippen molar-refractivity contribution in [2.75, 3.05) is 23.8 Å². The van der Waals surface area contributed by atoms with Gasteiger partial charge in [-0.05, 0) is 61.5 Å². The second-order valence-electron chi connectivity index (χ2n) is 6.68. The van der Waals surface area contributed by atoms with Crippen molar-refractivity contribution >= 4 is 29.1 Å². The highest BCUT2D eigenvalue weighted by Crippen LogP contribution is 2.31. The van der Waals surface area contributed by atoms with Gasteiger partial charge < -0.3 is 20.1 Å². The molecule has 1 aromatic heterocycles. The number of esters is 1. The van der Waals surface area contributed by atoms with E-state index in [0.717, 1.165) is 12.1 Å². The molecule has 0 aliphatic heterocycles. The highest BCUT2D eigenvalue weighted by Gasteiger charge is 2.30. The number of hydrogen-bond donors (Lipinski definition) is 2. The zero-order valence-electron chi connectivity index (χ0n) is 17.5. The first kappa shape index (κ1) is 23.6. The van der Waals surface area contributed by atoms with E-state index in [2.05, 4.69) is 15.6 Å². The Bertz CT molecular complexity index is 1120. The van der Waals surface area contributed by atoms with Gasteiger partial charge in [-0.25, -0.2) is 9.78 Å². The summed E-state index contributed by atoms with van der Waals surface area (Å²) in [4.78, 5) is 28.6. The maximum Gasteiger partial charge on any atom is 0.416 e. The fraction of sp³-hybridized carbons (Fsp3) is 0.174. The smallest absolute Gasteiger partial charge is 0.416 e. The lowest BCUT2D eigenvalue weighted by atomic mass is 10.2. The normalized spacial score (nSPS) is 10.9. The van der Waals surface area contributed by atoms with Crippen molar-refractivity contribution in [3.05, 3.63) is 78.0 Å². The van der Waals surface area contributed by atoms with E-state index in [1.54, 1.807) is 24.3 Å². The molecule has 0 bridgehead atoms. The molecule has 2 N–H and O–H groups in total. The Morgan fingerprint density at radius 1 is 1.00 bits per heavy atom. The summed E-state index contributed by atoms with van der Waals surface area (Å²) in [6.07, 6.45) is -3.15. The maximum atomic E-state index is 12.9. The molecule has 33 heavy (non-hydrogen) atoms. The van der Waals surface area contributed by atoms with E-state index < -0.39 is 30.2 Å². The Morgan fingerprint density at radius 3 is 2.45 bits per heavy atom. The van der Waals surface area contributed by atoms with Crippen molar-refractivity contribution < 1.29 is 32.2 Å². The van der Waals surface area contributed by atoms with Gasteiger partial charge in [0.15, 0.2) is 6.61 Å². The third-order valence-electron chi connectivity index (χ3n) is 4.26. The molecule has 2 aromatic carbocycles. The Labute approximate surface area is 187 Å². The van der Waals surface area contributed by atoms with Gasteiger partial charge in [0.25, 0.3) is 5.91 Å². The second kappa shape index (κ2) is 10.5. The SMILES string of the molecule is CCOc1ccc(NC(=O)COC(=O)c2cccnc2Nc2cccc(C(F)(F)F)c2)cc1. The van der Waals surface area contributed by atoms with Gasteiger partial charge in [0, 0.05) is 17.6 Å². The number of rotatable bonds is 8. The monoisotopic (exact) mass is 459 g/mol. The maximum absolute atomic E-state index is 12.9. The lowest BCUT2D eigenvalue weighted by molar-refractivity contribution is -0.137. The van der Waals surface area contributed by atoms with Crippen molar-refractivity contribution in [3.8, 4) is 5.75 Å². The highest BCUT2D eigenvalue weighted by molar-refractivity contribution is 5.98. The summed E-state index contributed by atoms with van der Waals surface area (Å²) >= 11 is 0. The number of alkyl halides is 3. The first-order valence-electron chi connectivity index (χ1n) is 9.85. The number of amides is 1. The minimum absolute atomic E-state index is 0.00579. The third-order valence-corrected chi connectivity index (χ3v) is 4.26. The molecule has 1 amide bonds. The quantitative estimate of drug-likeness (QED) is 0.459. The Morgan fingerprint density at radius 2 is 1.76 bits per heavy atom. The van der Waals surface area contributed by atoms with Gasteiger partial charge in [-0.3, -0.25) is 4.79 Å². The van der Waals surface area contributed by atoms with E-state index in [1.165, 1.54) is 30.5 Å². The van der Waals surface area contributed by atoms with Crippen LogP contribution in [0.4, 0.5) is 30.4 Å². The van der Waals surface area contributed by atoms with Gasteiger partial charge in [0.2, 0.25) is 0 Å². The molecule has 0 saturated heterocycles. The molecule has 0 atom stereocenters. The highest BCUT2D eigenvalue weighted by atomic mass is 19.4. The van der Waals surface area contributed by atoms with Gasteiger partial charge in [0.05, 0.1) is 12.2 Å². The number of halogens is 3. The zero-order chi connectivity index (χ0) is 23.8. The number of hydrogen-bond acceptors (Lipinski definition) is 6. The Balaban J connectivity index is 1.62. The minimum Gasteiger partial charge on any atom is -0.494 e. The molecule has 10 heteroatoms. The second-order valence-corrected chi connectivity index (χ2v) is 6.68. The summed E-state index contributed by atoms with van der Waals surface area (Å²) in [5.74, 6) is -0.781. The lowest BCUT2D eigenvalue weighted by Crippen LogP contribution is -2.21. The van der Waals surface area contributed by atoms with Crippen molar-refractivity contribution in [1.29, 1.82) is 0 Å². The lowest BCUT2D eigenvalue weighted by Gasteiger charge is -2.13. The van der Waals surface area contributed by atoms with Crippen LogP contribution in [0.15, 0.2) is 66.9 Å². The van der Waals surface area contributed by atoms with Crippen molar-refractivity contribution in [3.63, 3.8) is 0 Å². The third kappa shape index (κ3) is 6.70. The molecule has 3 rings (SSSR count). The molecule has 3 aromatic rings. The van der Waals surface area contributed by atoms with E-state index in [9.17, 15) is 22.8 Å². The summed E-state index contributed by atoms with van der Waals surface area (Å²) in [6.45, 7) is 1.80. The molecule has 0 aliphatic carbocycles. The van der Waals surface area contributed by atoms with Crippen LogP contribution in [0.2, 0.25) is 0 Å². The minimum atomic E-state index is -4.51. The van der Waals surface area contributed by atoms with E-state index in [4.69, 9.17) is 9.47 Å². The van der Waals surface area contributed by atoms with Crippen molar-refractivity contribution in [1.82, 2.24) is 4.98 Å². The topological polar surface area (TPSA) is 89.5 Å². The predicted molar refractivity (Wildman–Crippen MR) is 115 cm³/mol. The first-order valence-corrected chi connectivity index (χ1v) is 9.85. The summed E-state index contributed by atoms with van der Waals surface area (Å²) in [5.41, 5.74) is -0.305. The van der Waals surface area contributed by atoms with Crippen LogP contribution in [-0.2, 0) is 15.7 Å². The van der Waals surface area contributed by atoms with E-state index >= 15 is 0 Å². The summed E-state index contributed by atoms with van der Waals surface area (Å²) < 4.78 is 49.2. The fourth-order valence-corrected chi connectivity index (χ4v) is 2.79. The van der Waals surface area contributed by atoms with Gasteiger partial charge >= 0.3 is 12.1 Å². The number of nitrogens with zero attached hydrogens (tertiary/aromatic N) is 1. The van der Waals surface area contributed by atoms with Crippen LogP contribution in [0.3, 0.4) is 0 Å². The number of ether oxygens (including phenoxy) is 2. The molecule has 0 spiro atoms. The molecule has 0 saturated carbocycles. The standard InChI is InChI=1S/C23H20F3N3O4/c1-2-32-18-10-8-16(9-11-18)28-20(30)14-33-22(31)19-7-4-12-27-21(19)29-17-6-3-5-15(13-17)23(24,25)26/h3-13H,2,14H2,1H3,(H,27,29)(H,28,30). The van der Waals surface area contributed by atoms with Gasteiger partial charge in [-0.15, -0.1) is 0 Å². The van der Waals surface area contributed by atoms with Gasteiger partial charge in [0.1, 0.15) is 17.1 Å². The largest absolute Gasteiger partial charge is 0.494 e. The van der Waals surface area contributed by atoms with Gasteiger partial charge in [-0.2, -0.15) is 13.2 Å². The Kier molecular flexibility index (Phi) is 7.50. The number of aromatic nitrogens is 1. The predicted octanol–water partition coefficient (Wildman–Crippen LogP) is 5.04. The van der Waals surface area contributed by atoms with Crippen LogP contribution < -0.4 is 15.4 Å². The van der Waals surface area contributed by atoms with E-state index in [1.807, 2.05) is 6.92 Å². The van der Waals surface area contributed by atoms with Crippen LogP contribution >= 0.6 is 0 Å². The molecular weight excluding hydrogens is 439 g/mol. The number of pyridine rings is 1. The number of nitrogens with one attached hydrogen (secondary N) is 2. The van der Waals surface area contributed by atoms with Crippen molar-refractivity contribution in [2.24, 2.45) is 0 Å². The fourth-order valence-electron chi connectivity index (χ4n) is 2.79. The Hall–Kier alpha value is -4.08. The molecule has 0 unspecified atom stereocenters. The molecule has 1 heterocycles. The molecule has 0 radical (unpaired) electrons. The number of anilines is 3. The van der Waals surface area contributed by atoms with Crippen LogP contribution in [0.5, 0.6) is 5.75 Å². The molecule has 7 nitrogen and oxygen atoms in total. The molecule has 172 valence electrons. The molecule has 0 aliphatic rings. The number of carbonyl (C=O) groups is 2. The van der Waals surface area contributed by atoms with Crippen LogP contribution in [0, 0.1) is 0 Å². The summed E-state index contributed by atoms with van der Waals surface area (Å²) in [7, 11) is 0. The zero-order valence-corrected chi connectivity index (χ0v) is 17.5. The average Bonchev–Trinajstić information content (AvgIpc) is 2.79. The van der Waals surface area contributed by atoms with Crippen LogP contribution in [0.1, 0.15) is 22.8 Å². The first-order chi connectivity index (χ1) is 15.8. The summed E-state index contributed by atoms with van der Waals surface area (Å²) in [6, 6.07) is 14.0. The molecule has 0 fully saturated rings. The molecular formula is C23H20F3N3O4. The van der Waals surface area contributed by atoms with Crippen LogP contribution in [-0.4, -0.2) is 30.1 Å². The summed E-state index contributed by atoms with van der Waals surface area (Å²) in [5, 5.41) is 5.27. The van der Waals surface area contributed by atoms with Gasteiger partial charge in [-0.1, -0.05) is 6.07 Å². The van der Waals surface area contributed by atoms with Crippen molar-refractivity contribution in [2.45, 2.75) is 13.1 Å². The number of carbonyl (C=O) groups excluding carboxylic acids is 2. The average molecular weight is 459 g/mol. The van der Waals surface area contributed by atoms with E-state index in [-0.39, 0.29) is 17.1 Å².